The zero-order valence-electron chi connectivity index (χ0n) is 27.4. The van der Waals surface area contributed by atoms with E-state index in [2.05, 4.69) is 28.0 Å². The fourth-order valence-corrected chi connectivity index (χ4v) is 6.93. The van der Waals surface area contributed by atoms with Crippen LogP contribution >= 0.6 is 12.6 Å². The van der Waals surface area contributed by atoms with Gasteiger partial charge in [-0.15, -0.1) is 0 Å². The first-order chi connectivity index (χ1) is 21.0. The third-order valence-corrected chi connectivity index (χ3v) is 10.2. The fraction of sp³-hybridized carbons (Fsp3) is 0.500. The Kier molecular flexibility index (Phi) is 12.1. The molecule has 3 atom stereocenters. The summed E-state index contributed by atoms with van der Waals surface area (Å²) in [6, 6.07) is 14.0. The first-order valence-corrected chi connectivity index (χ1v) is 17.4. The largest absolute Gasteiger partial charge is 0.342 e. The van der Waals surface area contributed by atoms with Gasteiger partial charge in [-0.2, -0.15) is 12.6 Å². The van der Waals surface area contributed by atoms with Crippen molar-refractivity contribution < 1.29 is 22.8 Å². The monoisotopic (exact) mass is 656 g/mol. The topological polar surface area (TPSA) is 125 Å². The van der Waals surface area contributed by atoms with Gasteiger partial charge in [0, 0.05) is 23.3 Å². The van der Waals surface area contributed by atoms with Gasteiger partial charge in [0.2, 0.25) is 11.8 Å². The Balaban J connectivity index is 1.82. The summed E-state index contributed by atoms with van der Waals surface area (Å²) in [6.45, 7) is 11.7. The molecule has 246 valence electrons. The average Bonchev–Trinajstić information content (AvgIpc) is 2.99. The molecule has 1 saturated heterocycles. The highest BCUT2D eigenvalue weighted by atomic mass is 32.2. The SMILES string of the molecule is CN[C@H](C(=O)NC(C(=O)N1CCCCC1C=C(C)C(=O)NS(=O)(=O)c1ccc(CS)cc1)C(C)(C)C)C(C)(C)c1ccccc1. The molecule has 3 rings (SSSR count). The second kappa shape index (κ2) is 15.0. The van der Waals surface area contributed by atoms with Crippen molar-refractivity contribution in [3.8, 4) is 0 Å². The van der Waals surface area contributed by atoms with Crippen LogP contribution in [0, 0.1) is 5.41 Å². The number of nitrogens with zero attached hydrogens (tertiary/aromatic N) is 1. The van der Waals surface area contributed by atoms with Crippen molar-refractivity contribution in [1.82, 2.24) is 20.3 Å². The van der Waals surface area contributed by atoms with E-state index in [-0.39, 0.29) is 22.3 Å². The van der Waals surface area contributed by atoms with Gasteiger partial charge < -0.3 is 15.5 Å². The van der Waals surface area contributed by atoms with E-state index in [9.17, 15) is 22.8 Å². The number of hydrogen-bond acceptors (Lipinski definition) is 7. The van der Waals surface area contributed by atoms with Crippen molar-refractivity contribution >= 4 is 40.4 Å². The van der Waals surface area contributed by atoms with Crippen molar-refractivity contribution in [3.63, 3.8) is 0 Å². The number of benzene rings is 2. The minimum atomic E-state index is -4.09. The quantitative estimate of drug-likeness (QED) is 0.211. The third-order valence-electron chi connectivity index (χ3n) is 8.47. The van der Waals surface area contributed by atoms with Gasteiger partial charge in [0.05, 0.1) is 17.0 Å². The molecule has 2 aromatic carbocycles. The minimum absolute atomic E-state index is 0.0253. The van der Waals surface area contributed by atoms with Crippen LogP contribution < -0.4 is 15.4 Å². The van der Waals surface area contributed by atoms with Crippen LogP contribution in [0.2, 0.25) is 0 Å². The number of sulfonamides is 1. The maximum absolute atomic E-state index is 14.2. The molecule has 0 bridgehead atoms. The lowest BCUT2D eigenvalue weighted by Gasteiger charge is -2.41. The van der Waals surface area contributed by atoms with E-state index in [0.29, 0.717) is 18.7 Å². The summed E-state index contributed by atoms with van der Waals surface area (Å²) in [7, 11) is -2.35. The lowest BCUT2D eigenvalue weighted by molar-refractivity contribution is -0.142. The summed E-state index contributed by atoms with van der Waals surface area (Å²) in [4.78, 5) is 42.7. The van der Waals surface area contributed by atoms with E-state index in [1.54, 1.807) is 30.2 Å². The molecule has 45 heavy (non-hydrogen) atoms. The Morgan fingerprint density at radius 2 is 1.60 bits per heavy atom. The summed E-state index contributed by atoms with van der Waals surface area (Å²) in [5, 5.41) is 6.21. The first-order valence-electron chi connectivity index (χ1n) is 15.3. The number of likely N-dealkylation sites (tertiary alicyclic amines) is 1. The lowest BCUT2D eigenvalue weighted by Crippen LogP contribution is -2.62. The number of thiol groups is 1. The summed E-state index contributed by atoms with van der Waals surface area (Å²) in [6.07, 6.45) is 3.89. The number of carbonyl (C=O) groups is 3. The molecule has 3 amide bonds. The van der Waals surface area contributed by atoms with Crippen LogP contribution in [-0.4, -0.2) is 62.8 Å². The maximum Gasteiger partial charge on any atom is 0.264 e. The third kappa shape index (κ3) is 8.98. The fourth-order valence-electron chi connectivity index (χ4n) is 5.70. The summed E-state index contributed by atoms with van der Waals surface area (Å²) in [5.74, 6) is -0.819. The Morgan fingerprint density at radius 1 is 0.978 bits per heavy atom. The van der Waals surface area contributed by atoms with Crippen LogP contribution in [-0.2, 0) is 35.6 Å². The lowest BCUT2D eigenvalue weighted by atomic mass is 9.76. The smallest absolute Gasteiger partial charge is 0.264 e. The molecular formula is C34H48N4O5S2. The van der Waals surface area contributed by atoms with Crippen LogP contribution in [0.5, 0.6) is 0 Å². The van der Waals surface area contributed by atoms with Crippen LogP contribution in [0.25, 0.3) is 0 Å². The van der Waals surface area contributed by atoms with Crippen molar-refractivity contribution in [1.29, 1.82) is 0 Å². The van der Waals surface area contributed by atoms with Crippen molar-refractivity contribution in [2.24, 2.45) is 5.41 Å². The van der Waals surface area contributed by atoms with Crippen molar-refractivity contribution in [2.75, 3.05) is 13.6 Å². The standard InChI is InChI=1S/C34H48N4O5S2/c1-23(30(39)37-45(42,43)27-18-16-24(22-44)17-19-27)21-26-15-11-12-20-38(26)32(41)29(33(2,3)4)36-31(40)28(35-7)34(5,6)25-13-9-8-10-14-25/h8-10,13-14,16-19,21,26,28-29,35,44H,11-12,15,20,22H2,1-7H3,(H,36,40)(H,37,39)/t26?,28-,29?/m1/s1. The highest BCUT2D eigenvalue weighted by molar-refractivity contribution is 7.90. The van der Waals surface area contributed by atoms with Gasteiger partial charge in [0.1, 0.15) is 6.04 Å². The number of nitrogens with one attached hydrogen (secondary N) is 3. The van der Waals surface area contributed by atoms with Crippen LogP contribution in [0.3, 0.4) is 0 Å². The van der Waals surface area contributed by atoms with E-state index >= 15 is 0 Å². The molecule has 1 aliphatic rings. The molecule has 2 aromatic rings. The summed E-state index contributed by atoms with van der Waals surface area (Å²) >= 11 is 4.19. The molecule has 9 nitrogen and oxygen atoms in total. The molecule has 2 unspecified atom stereocenters. The molecule has 1 fully saturated rings. The first kappa shape index (κ1) is 36.3. The number of carbonyl (C=O) groups excluding carboxylic acids is 3. The number of piperidine rings is 1. The van der Waals surface area contributed by atoms with E-state index in [4.69, 9.17) is 0 Å². The van der Waals surface area contributed by atoms with Gasteiger partial charge in [-0.3, -0.25) is 14.4 Å². The van der Waals surface area contributed by atoms with Crippen molar-refractivity contribution in [2.45, 2.75) is 95.0 Å². The number of likely N-dealkylation sites (N-methyl/N-ethyl adjacent to an activating group) is 1. The molecule has 0 aromatic heterocycles. The average molecular weight is 657 g/mol. The molecule has 0 radical (unpaired) electrons. The van der Waals surface area contributed by atoms with Gasteiger partial charge in [-0.05, 0) is 61.9 Å². The van der Waals surface area contributed by atoms with E-state index in [0.717, 1.165) is 24.0 Å². The minimum Gasteiger partial charge on any atom is -0.342 e. The Morgan fingerprint density at radius 3 is 2.16 bits per heavy atom. The van der Waals surface area contributed by atoms with E-state index < -0.39 is 44.9 Å². The zero-order valence-corrected chi connectivity index (χ0v) is 29.1. The van der Waals surface area contributed by atoms with Gasteiger partial charge in [-0.1, -0.05) is 83.2 Å². The molecule has 0 saturated carbocycles. The van der Waals surface area contributed by atoms with Gasteiger partial charge in [0.15, 0.2) is 0 Å². The molecular weight excluding hydrogens is 609 g/mol. The molecule has 0 spiro atoms. The van der Waals surface area contributed by atoms with Gasteiger partial charge in [-0.25, -0.2) is 13.1 Å². The zero-order chi connectivity index (χ0) is 33.6. The molecule has 1 heterocycles. The number of hydrogen-bond donors (Lipinski definition) is 4. The Bertz CT molecular complexity index is 1480. The highest BCUT2D eigenvalue weighted by Crippen LogP contribution is 2.30. The highest BCUT2D eigenvalue weighted by Gasteiger charge is 2.42. The second-order valence-corrected chi connectivity index (χ2v) is 15.3. The molecule has 1 aliphatic heterocycles. The summed E-state index contributed by atoms with van der Waals surface area (Å²) in [5.41, 5.74) is 0.849. The van der Waals surface area contributed by atoms with Crippen LogP contribution in [0.15, 0.2) is 71.1 Å². The van der Waals surface area contributed by atoms with Crippen LogP contribution in [0.1, 0.15) is 71.9 Å². The number of rotatable bonds is 11. The Hall–Kier alpha value is -3.15. The molecule has 0 aliphatic carbocycles. The van der Waals surface area contributed by atoms with Gasteiger partial charge in [0.25, 0.3) is 15.9 Å². The molecule has 3 N–H and O–H groups in total. The van der Waals surface area contributed by atoms with Gasteiger partial charge >= 0.3 is 0 Å². The predicted octanol–water partition coefficient (Wildman–Crippen LogP) is 4.35. The maximum atomic E-state index is 14.2. The Labute approximate surface area is 274 Å². The predicted molar refractivity (Wildman–Crippen MR) is 181 cm³/mol. The van der Waals surface area contributed by atoms with E-state index in [1.807, 2.05) is 65.0 Å². The normalized spacial score (nSPS) is 17.7. The van der Waals surface area contributed by atoms with Crippen molar-refractivity contribution in [3.05, 3.63) is 77.4 Å². The van der Waals surface area contributed by atoms with Crippen LogP contribution in [0.4, 0.5) is 0 Å². The number of amides is 3. The molecule has 11 heteroatoms. The summed E-state index contributed by atoms with van der Waals surface area (Å²) < 4.78 is 27.9. The second-order valence-electron chi connectivity index (χ2n) is 13.3. The van der Waals surface area contributed by atoms with E-state index in [1.165, 1.54) is 19.1 Å².